The van der Waals surface area contributed by atoms with Crippen molar-refractivity contribution >= 4 is 5.97 Å². The number of hydrogen-bond donors (Lipinski definition) is 0. The molecule has 2 aliphatic heterocycles. The summed E-state index contributed by atoms with van der Waals surface area (Å²) in [6, 6.07) is 0. The van der Waals surface area contributed by atoms with Gasteiger partial charge in [0, 0.05) is 49.8 Å². The lowest BCUT2D eigenvalue weighted by Crippen LogP contribution is -2.66. The van der Waals surface area contributed by atoms with Crippen LogP contribution >= 0.6 is 0 Å². The van der Waals surface area contributed by atoms with Gasteiger partial charge in [0.1, 0.15) is 42.7 Å². The molecule has 0 spiro atoms. The Labute approximate surface area is 188 Å². The zero-order chi connectivity index (χ0) is 23.8. The highest BCUT2D eigenvalue weighted by Gasteiger charge is 2.55. The van der Waals surface area contributed by atoms with Gasteiger partial charge in [-0.05, 0) is 0 Å². The zero-order valence-electron chi connectivity index (χ0n) is 19.9. The molecule has 12 nitrogen and oxygen atoms in total. The molecule has 0 radical (unpaired) electrons. The molecule has 32 heavy (non-hydrogen) atoms. The highest BCUT2D eigenvalue weighted by molar-refractivity contribution is 5.75. The Morgan fingerprint density at radius 2 is 1.19 bits per heavy atom. The van der Waals surface area contributed by atoms with Crippen molar-refractivity contribution < 1.29 is 56.9 Å². The third-order valence-corrected chi connectivity index (χ3v) is 5.73. The van der Waals surface area contributed by atoms with E-state index in [1.54, 1.807) is 21.3 Å². The minimum atomic E-state index is -1.12. The Bertz CT molecular complexity index is 563. The van der Waals surface area contributed by atoms with E-state index in [9.17, 15) is 4.79 Å². The van der Waals surface area contributed by atoms with Crippen LogP contribution in [0.4, 0.5) is 0 Å². The summed E-state index contributed by atoms with van der Waals surface area (Å²) in [5.74, 6) is -0.638. The monoisotopic (exact) mass is 468 g/mol. The van der Waals surface area contributed by atoms with Crippen molar-refractivity contribution in [3.8, 4) is 0 Å². The fourth-order valence-electron chi connectivity index (χ4n) is 4.21. The van der Waals surface area contributed by atoms with Gasteiger partial charge in [-0.15, -0.1) is 0 Å². The van der Waals surface area contributed by atoms with E-state index in [-0.39, 0.29) is 6.61 Å². The standard InChI is InChI=1S/C20H36O12/c1-22-9-10-11(23-2)12(24-3)16(26-5)20(30-10)31-14-13(25-4)15(18(21)28-7)32-19(29-8)17(14)27-6/h10-17,19-20H,9H2,1-8H3. The van der Waals surface area contributed by atoms with Crippen LogP contribution in [0.2, 0.25) is 0 Å². The summed E-state index contributed by atoms with van der Waals surface area (Å²) in [7, 11) is 11.8. The Kier molecular flexibility index (Phi) is 11.2. The molecule has 0 aromatic carbocycles. The molecule has 0 amide bonds. The third kappa shape index (κ3) is 5.58. The molecule has 0 bridgehead atoms. The summed E-state index contributed by atoms with van der Waals surface area (Å²) in [4.78, 5) is 12.4. The average molecular weight is 468 g/mol. The molecule has 2 saturated heterocycles. The molecular weight excluding hydrogens is 432 g/mol. The molecule has 10 atom stereocenters. The summed E-state index contributed by atoms with van der Waals surface area (Å²) >= 11 is 0. The van der Waals surface area contributed by atoms with Crippen LogP contribution in [0.5, 0.6) is 0 Å². The topological polar surface area (TPSA) is 119 Å². The minimum Gasteiger partial charge on any atom is -0.467 e. The van der Waals surface area contributed by atoms with E-state index in [1.807, 2.05) is 0 Å². The van der Waals surface area contributed by atoms with Gasteiger partial charge in [-0.2, -0.15) is 0 Å². The predicted molar refractivity (Wildman–Crippen MR) is 107 cm³/mol. The third-order valence-electron chi connectivity index (χ3n) is 5.73. The maximum atomic E-state index is 12.4. The van der Waals surface area contributed by atoms with E-state index in [4.69, 9.17) is 52.1 Å². The lowest BCUT2D eigenvalue weighted by atomic mass is 9.96. The second-order valence-corrected chi connectivity index (χ2v) is 7.28. The number of hydrogen-bond acceptors (Lipinski definition) is 12. The van der Waals surface area contributed by atoms with Crippen LogP contribution in [0.3, 0.4) is 0 Å². The second-order valence-electron chi connectivity index (χ2n) is 7.28. The zero-order valence-corrected chi connectivity index (χ0v) is 19.9. The maximum Gasteiger partial charge on any atom is 0.337 e. The molecule has 12 heteroatoms. The van der Waals surface area contributed by atoms with Crippen molar-refractivity contribution in [3.05, 3.63) is 0 Å². The van der Waals surface area contributed by atoms with E-state index in [1.165, 1.54) is 35.5 Å². The number of methoxy groups -OCH3 is 8. The molecule has 2 rings (SSSR count). The van der Waals surface area contributed by atoms with E-state index in [0.717, 1.165) is 0 Å². The first-order valence-electron chi connectivity index (χ1n) is 10.2. The van der Waals surface area contributed by atoms with Crippen molar-refractivity contribution in [1.29, 1.82) is 0 Å². The Balaban J connectivity index is 2.39. The number of rotatable bonds is 11. The summed E-state index contributed by atoms with van der Waals surface area (Å²) in [6.45, 7) is 0.231. The molecule has 0 N–H and O–H groups in total. The first-order chi connectivity index (χ1) is 15.4. The number of carbonyl (C=O) groups excluding carboxylic acids is 1. The van der Waals surface area contributed by atoms with E-state index >= 15 is 0 Å². The van der Waals surface area contributed by atoms with Crippen LogP contribution in [0.1, 0.15) is 0 Å². The molecule has 10 unspecified atom stereocenters. The summed E-state index contributed by atoms with van der Waals surface area (Å²) in [5.41, 5.74) is 0. The normalized spacial score (nSPS) is 40.2. The first-order valence-corrected chi connectivity index (χ1v) is 10.2. The van der Waals surface area contributed by atoms with Crippen molar-refractivity contribution in [2.75, 3.05) is 63.5 Å². The number of esters is 1. The van der Waals surface area contributed by atoms with Crippen molar-refractivity contribution in [1.82, 2.24) is 0 Å². The Hall–Kier alpha value is -0.930. The highest BCUT2D eigenvalue weighted by Crippen LogP contribution is 2.34. The first kappa shape index (κ1) is 27.3. The number of ether oxygens (including phenoxy) is 11. The van der Waals surface area contributed by atoms with Gasteiger partial charge in [-0.1, -0.05) is 0 Å². The van der Waals surface area contributed by atoms with Crippen LogP contribution < -0.4 is 0 Å². The smallest absolute Gasteiger partial charge is 0.337 e. The molecule has 0 aromatic heterocycles. The molecule has 0 aromatic rings. The fraction of sp³-hybridized carbons (Fsp3) is 0.950. The van der Waals surface area contributed by atoms with Gasteiger partial charge < -0.3 is 52.1 Å². The predicted octanol–water partition coefficient (Wildman–Crippen LogP) is -0.638. The summed E-state index contributed by atoms with van der Waals surface area (Å²) in [6.07, 6.45) is -7.65. The SMILES string of the molecule is COCC1OC(OC2C(OC)C(OC)OC(C(=O)OC)C2OC)C(OC)C(OC)C1OC. The summed E-state index contributed by atoms with van der Waals surface area (Å²) < 4.78 is 61.9. The van der Waals surface area contributed by atoms with Crippen molar-refractivity contribution in [3.63, 3.8) is 0 Å². The van der Waals surface area contributed by atoms with Gasteiger partial charge in [-0.3, -0.25) is 0 Å². The van der Waals surface area contributed by atoms with Gasteiger partial charge in [0.15, 0.2) is 18.7 Å². The lowest BCUT2D eigenvalue weighted by Gasteiger charge is -2.48. The van der Waals surface area contributed by atoms with Crippen LogP contribution in [0.25, 0.3) is 0 Å². The minimum absolute atomic E-state index is 0.231. The quantitative estimate of drug-likeness (QED) is 0.359. The fourth-order valence-corrected chi connectivity index (χ4v) is 4.21. The molecular formula is C20H36O12. The van der Waals surface area contributed by atoms with Gasteiger partial charge in [0.25, 0.3) is 0 Å². The van der Waals surface area contributed by atoms with Crippen LogP contribution in [0, 0.1) is 0 Å². The molecule has 0 saturated carbocycles. The van der Waals surface area contributed by atoms with Crippen LogP contribution in [-0.4, -0.2) is 131 Å². The number of carbonyl (C=O) groups is 1. The van der Waals surface area contributed by atoms with Crippen molar-refractivity contribution in [2.45, 2.75) is 61.4 Å². The second kappa shape index (κ2) is 13.1. The molecule has 2 aliphatic rings. The largest absolute Gasteiger partial charge is 0.467 e. The van der Waals surface area contributed by atoms with Crippen LogP contribution in [-0.2, 0) is 56.9 Å². The van der Waals surface area contributed by atoms with E-state index < -0.39 is 67.4 Å². The van der Waals surface area contributed by atoms with E-state index in [0.29, 0.717) is 0 Å². The van der Waals surface area contributed by atoms with Crippen molar-refractivity contribution in [2.24, 2.45) is 0 Å². The van der Waals surface area contributed by atoms with Gasteiger partial charge >= 0.3 is 5.97 Å². The Morgan fingerprint density at radius 1 is 0.625 bits per heavy atom. The Morgan fingerprint density at radius 3 is 1.66 bits per heavy atom. The van der Waals surface area contributed by atoms with Gasteiger partial charge in [0.05, 0.1) is 13.7 Å². The van der Waals surface area contributed by atoms with Crippen LogP contribution in [0.15, 0.2) is 0 Å². The molecule has 188 valence electrons. The van der Waals surface area contributed by atoms with Gasteiger partial charge in [-0.25, -0.2) is 4.79 Å². The summed E-state index contributed by atoms with van der Waals surface area (Å²) in [5, 5.41) is 0. The lowest BCUT2D eigenvalue weighted by molar-refractivity contribution is -0.363. The average Bonchev–Trinajstić information content (AvgIpc) is 2.82. The highest BCUT2D eigenvalue weighted by atomic mass is 16.8. The van der Waals surface area contributed by atoms with E-state index in [2.05, 4.69) is 0 Å². The molecule has 2 fully saturated rings. The van der Waals surface area contributed by atoms with Gasteiger partial charge in [0.2, 0.25) is 0 Å². The maximum absolute atomic E-state index is 12.4. The molecule has 0 aliphatic carbocycles. The molecule has 2 heterocycles.